The minimum Gasteiger partial charge on any atom is -0.372 e. The smallest absolute Gasteiger partial charge is 0.246 e. The zero-order chi connectivity index (χ0) is 15.0. The molecule has 1 N–H and O–H groups in total. The molecule has 2 aliphatic heterocycles. The summed E-state index contributed by atoms with van der Waals surface area (Å²) in [7, 11) is -2.04. The lowest BCUT2D eigenvalue weighted by Gasteiger charge is -2.31. The predicted molar refractivity (Wildman–Crippen MR) is 75.8 cm³/mol. The summed E-state index contributed by atoms with van der Waals surface area (Å²) in [4.78, 5) is -0.247. The lowest BCUT2D eigenvalue weighted by atomic mass is 10.2. The Bertz CT molecular complexity index is 623. The molecule has 2 saturated heterocycles. The lowest BCUT2D eigenvalue weighted by molar-refractivity contribution is -0.0115. The Hall–Kier alpha value is -1.02. The summed E-state index contributed by atoms with van der Waals surface area (Å²) in [5, 5.41) is 2.91. The van der Waals surface area contributed by atoms with Gasteiger partial charge >= 0.3 is 0 Å². The quantitative estimate of drug-likeness (QED) is 0.904. The SMILES string of the molecule is CNCc1ccc(S(=O)(=O)N2CC3CCC(C2)O3)c(F)c1. The first-order valence-electron chi connectivity index (χ1n) is 7.09. The molecular weight excluding hydrogens is 295 g/mol. The standard InChI is InChI=1S/C14H19FN2O3S/c1-16-7-10-2-5-14(13(15)6-10)21(18,19)17-8-11-3-4-12(9-17)20-11/h2,5-6,11-12,16H,3-4,7-9H2,1H3. The second kappa shape index (κ2) is 5.64. The van der Waals surface area contributed by atoms with Gasteiger partial charge in [0.1, 0.15) is 10.7 Å². The van der Waals surface area contributed by atoms with Crippen LogP contribution in [0.25, 0.3) is 0 Å². The van der Waals surface area contributed by atoms with E-state index in [9.17, 15) is 12.8 Å². The number of hydrogen-bond donors (Lipinski definition) is 1. The van der Waals surface area contributed by atoms with Gasteiger partial charge in [0.2, 0.25) is 10.0 Å². The number of nitrogens with zero attached hydrogens (tertiary/aromatic N) is 1. The van der Waals surface area contributed by atoms with Crippen LogP contribution in [0.15, 0.2) is 23.1 Å². The molecule has 2 atom stereocenters. The molecule has 3 rings (SSSR count). The molecule has 1 aromatic carbocycles. The third kappa shape index (κ3) is 2.83. The number of sulfonamides is 1. The van der Waals surface area contributed by atoms with Crippen LogP contribution in [0.2, 0.25) is 0 Å². The number of halogens is 1. The first-order valence-corrected chi connectivity index (χ1v) is 8.53. The fourth-order valence-electron chi connectivity index (χ4n) is 2.98. The summed E-state index contributed by atoms with van der Waals surface area (Å²) in [6, 6.07) is 4.27. The highest BCUT2D eigenvalue weighted by molar-refractivity contribution is 7.89. The molecule has 2 fully saturated rings. The maximum atomic E-state index is 14.2. The van der Waals surface area contributed by atoms with E-state index in [1.54, 1.807) is 13.1 Å². The number of fused-ring (bicyclic) bond motifs is 2. The Morgan fingerprint density at radius 1 is 1.33 bits per heavy atom. The molecule has 5 nitrogen and oxygen atoms in total. The number of hydrogen-bond acceptors (Lipinski definition) is 4. The number of nitrogens with one attached hydrogen (secondary N) is 1. The summed E-state index contributed by atoms with van der Waals surface area (Å²) in [6.45, 7) is 1.13. The van der Waals surface area contributed by atoms with Crippen molar-refractivity contribution < 1.29 is 17.5 Å². The largest absolute Gasteiger partial charge is 0.372 e. The van der Waals surface area contributed by atoms with Gasteiger partial charge in [-0.1, -0.05) is 6.07 Å². The van der Waals surface area contributed by atoms with Crippen molar-refractivity contribution in [3.63, 3.8) is 0 Å². The highest BCUT2D eigenvalue weighted by atomic mass is 32.2. The topological polar surface area (TPSA) is 58.6 Å². The Balaban J connectivity index is 1.88. The van der Waals surface area contributed by atoms with Gasteiger partial charge in [-0.2, -0.15) is 4.31 Å². The average molecular weight is 314 g/mol. The number of ether oxygens (including phenoxy) is 1. The van der Waals surface area contributed by atoms with E-state index in [-0.39, 0.29) is 17.1 Å². The van der Waals surface area contributed by atoms with E-state index in [0.29, 0.717) is 19.6 Å². The van der Waals surface area contributed by atoms with Crippen LogP contribution < -0.4 is 5.32 Å². The molecule has 0 amide bonds. The van der Waals surface area contributed by atoms with Crippen molar-refractivity contribution in [2.24, 2.45) is 0 Å². The molecule has 21 heavy (non-hydrogen) atoms. The molecule has 2 aliphatic rings. The summed E-state index contributed by atoms with van der Waals surface area (Å²) >= 11 is 0. The van der Waals surface area contributed by atoms with E-state index in [1.165, 1.54) is 16.4 Å². The van der Waals surface area contributed by atoms with Crippen molar-refractivity contribution in [1.82, 2.24) is 9.62 Å². The number of benzene rings is 1. The summed E-state index contributed by atoms with van der Waals surface area (Å²) in [5.74, 6) is -0.693. The number of morpholine rings is 1. The summed E-state index contributed by atoms with van der Waals surface area (Å²) in [5.41, 5.74) is 0.719. The Kier molecular flexibility index (Phi) is 4.00. The monoisotopic (exact) mass is 314 g/mol. The van der Waals surface area contributed by atoms with Crippen LogP contribution in [0.1, 0.15) is 18.4 Å². The second-order valence-corrected chi connectivity index (χ2v) is 7.48. The molecule has 116 valence electrons. The van der Waals surface area contributed by atoms with Gasteiger partial charge in [-0.15, -0.1) is 0 Å². The van der Waals surface area contributed by atoms with Gasteiger partial charge in [0.05, 0.1) is 12.2 Å². The Labute approximate surface area is 124 Å². The highest BCUT2D eigenvalue weighted by Crippen LogP contribution is 2.30. The normalized spacial score (nSPS) is 26.2. The van der Waals surface area contributed by atoms with Crippen molar-refractivity contribution in [3.8, 4) is 0 Å². The third-order valence-corrected chi connectivity index (χ3v) is 5.87. The molecule has 7 heteroatoms. The van der Waals surface area contributed by atoms with Crippen molar-refractivity contribution in [2.75, 3.05) is 20.1 Å². The fraction of sp³-hybridized carbons (Fsp3) is 0.571. The van der Waals surface area contributed by atoms with Crippen molar-refractivity contribution in [2.45, 2.75) is 36.5 Å². The summed E-state index contributed by atoms with van der Waals surface area (Å²) < 4.78 is 46.4. The molecule has 2 heterocycles. The first kappa shape index (κ1) is 14.9. The number of rotatable bonds is 4. The van der Waals surface area contributed by atoms with Gasteiger partial charge in [0.15, 0.2) is 0 Å². The minimum atomic E-state index is -3.79. The molecule has 0 spiro atoms. The van der Waals surface area contributed by atoms with Crippen LogP contribution >= 0.6 is 0 Å². The van der Waals surface area contributed by atoms with E-state index in [1.807, 2.05) is 0 Å². The van der Waals surface area contributed by atoms with Gasteiger partial charge in [0, 0.05) is 19.6 Å². The maximum absolute atomic E-state index is 14.2. The predicted octanol–water partition coefficient (Wildman–Crippen LogP) is 1.10. The average Bonchev–Trinajstić information content (AvgIpc) is 2.77. The van der Waals surface area contributed by atoms with Gasteiger partial charge in [0.25, 0.3) is 0 Å². The molecule has 1 aromatic rings. The highest BCUT2D eigenvalue weighted by Gasteiger charge is 2.40. The van der Waals surface area contributed by atoms with Crippen LogP contribution in [0.3, 0.4) is 0 Å². The van der Waals surface area contributed by atoms with Gasteiger partial charge < -0.3 is 10.1 Å². The van der Waals surface area contributed by atoms with E-state index in [2.05, 4.69) is 5.32 Å². The molecular formula is C14H19FN2O3S. The van der Waals surface area contributed by atoms with Gasteiger partial charge in [-0.05, 0) is 37.6 Å². The maximum Gasteiger partial charge on any atom is 0.246 e. The molecule has 0 radical (unpaired) electrons. The Morgan fingerprint density at radius 3 is 2.57 bits per heavy atom. The molecule has 0 aromatic heterocycles. The van der Waals surface area contributed by atoms with Crippen molar-refractivity contribution in [1.29, 1.82) is 0 Å². The van der Waals surface area contributed by atoms with Crippen LogP contribution in [-0.2, 0) is 21.3 Å². The Morgan fingerprint density at radius 2 is 2.00 bits per heavy atom. The zero-order valence-corrected chi connectivity index (χ0v) is 12.7. The van der Waals surface area contributed by atoms with Crippen LogP contribution in [0, 0.1) is 5.82 Å². The van der Waals surface area contributed by atoms with Crippen LogP contribution in [0.4, 0.5) is 4.39 Å². The zero-order valence-electron chi connectivity index (χ0n) is 11.9. The van der Waals surface area contributed by atoms with Crippen LogP contribution in [0.5, 0.6) is 0 Å². The van der Waals surface area contributed by atoms with Crippen LogP contribution in [-0.4, -0.2) is 45.1 Å². The molecule has 2 unspecified atom stereocenters. The molecule has 0 saturated carbocycles. The summed E-state index contributed by atoms with van der Waals surface area (Å²) in [6.07, 6.45) is 1.65. The van der Waals surface area contributed by atoms with E-state index in [4.69, 9.17) is 4.74 Å². The molecule has 2 bridgehead atoms. The second-order valence-electron chi connectivity index (χ2n) is 5.57. The molecule has 0 aliphatic carbocycles. The third-order valence-electron chi connectivity index (χ3n) is 4.01. The fourth-order valence-corrected chi connectivity index (χ4v) is 4.53. The van der Waals surface area contributed by atoms with Crippen molar-refractivity contribution in [3.05, 3.63) is 29.6 Å². The van der Waals surface area contributed by atoms with Gasteiger partial charge in [-0.25, -0.2) is 12.8 Å². The lowest BCUT2D eigenvalue weighted by Crippen LogP contribution is -2.45. The van der Waals surface area contributed by atoms with E-state index < -0.39 is 15.8 Å². The van der Waals surface area contributed by atoms with Gasteiger partial charge in [-0.3, -0.25) is 0 Å². The van der Waals surface area contributed by atoms with Crippen molar-refractivity contribution >= 4 is 10.0 Å². The first-order chi connectivity index (χ1) is 10.0. The minimum absolute atomic E-state index is 0.0508. The van der Waals surface area contributed by atoms with E-state index >= 15 is 0 Å². The van der Waals surface area contributed by atoms with E-state index in [0.717, 1.165) is 18.4 Å².